The first kappa shape index (κ1) is 19.6. The largest absolute Gasteiger partial charge is 0.352 e. The van der Waals surface area contributed by atoms with Crippen LogP contribution in [0.15, 0.2) is 54.7 Å². The molecule has 2 aromatic heterocycles. The van der Waals surface area contributed by atoms with Crippen molar-refractivity contribution in [2.45, 2.75) is 45.8 Å². The smallest absolute Gasteiger partial charge is 0.170 e. The Labute approximate surface area is 176 Å². The summed E-state index contributed by atoms with van der Waals surface area (Å²) in [6.45, 7) is 8.33. The summed E-state index contributed by atoms with van der Waals surface area (Å²) in [7, 11) is 0. The molecule has 4 nitrogen and oxygen atoms in total. The number of rotatable bonds is 4. The van der Waals surface area contributed by atoms with Crippen LogP contribution in [0.1, 0.15) is 48.6 Å². The van der Waals surface area contributed by atoms with Gasteiger partial charge in [-0.1, -0.05) is 18.2 Å². The molecule has 3 heterocycles. The molecule has 1 N–H and O–H groups in total. The van der Waals surface area contributed by atoms with E-state index in [4.69, 9.17) is 12.2 Å². The van der Waals surface area contributed by atoms with Crippen LogP contribution in [0.3, 0.4) is 0 Å². The third-order valence-corrected chi connectivity index (χ3v) is 5.90. The minimum absolute atomic E-state index is 0.0240. The molecule has 3 aromatic rings. The maximum atomic E-state index is 14.6. The fraction of sp³-hybridized carbons (Fsp3) is 0.304. The van der Waals surface area contributed by atoms with Crippen LogP contribution in [0.4, 0.5) is 4.39 Å². The first-order valence-corrected chi connectivity index (χ1v) is 10.2. The summed E-state index contributed by atoms with van der Waals surface area (Å²) in [6.07, 6.45) is 1.80. The number of para-hydroxylation sites is 1. The van der Waals surface area contributed by atoms with Gasteiger partial charge in [0, 0.05) is 23.6 Å². The lowest BCUT2D eigenvalue weighted by Gasteiger charge is -2.31. The van der Waals surface area contributed by atoms with Gasteiger partial charge < -0.3 is 14.8 Å². The molecule has 0 aliphatic carbocycles. The Bertz CT molecular complexity index is 1040. The minimum Gasteiger partial charge on any atom is -0.352 e. The van der Waals surface area contributed by atoms with Crippen molar-refractivity contribution in [2.75, 3.05) is 0 Å². The van der Waals surface area contributed by atoms with Crippen molar-refractivity contribution in [2.24, 2.45) is 0 Å². The lowest BCUT2D eigenvalue weighted by atomic mass is 9.96. The highest BCUT2D eigenvalue weighted by atomic mass is 32.1. The van der Waals surface area contributed by atoms with E-state index in [1.54, 1.807) is 12.3 Å². The fourth-order valence-corrected chi connectivity index (χ4v) is 4.80. The maximum absolute atomic E-state index is 14.6. The Morgan fingerprint density at radius 2 is 1.83 bits per heavy atom. The number of nitrogens with zero attached hydrogens (tertiary/aromatic N) is 3. The Hall–Kier alpha value is -2.73. The molecule has 29 heavy (non-hydrogen) atoms. The van der Waals surface area contributed by atoms with Crippen LogP contribution in [0.5, 0.6) is 0 Å². The lowest BCUT2D eigenvalue weighted by Crippen LogP contribution is -2.35. The second kappa shape index (κ2) is 7.59. The van der Waals surface area contributed by atoms with Gasteiger partial charge in [-0.15, -0.1) is 0 Å². The summed E-state index contributed by atoms with van der Waals surface area (Å²) in [4.78, 5) is 6.80. The van der Waals surface area contributed by atoms with Crippen LogP contribution in [0, 0.1) is 19.7 Å². The second-order valence-electron chi connectivity index (χ2n) is 7.74. The van der Waals surface area contributed by atoms with Crippen molar-refractivity contribution in [1.29, 1.82) is 0 Å². The van der Waals surface area contributed by atoms with Gasteiger partial charge in [-0.2, -0.15) is 0 Å². The molecule has 1 fully saturated rings. The molecule has 1 aliphatic heterocycles. The zero-order valence-electron chi connectivity index (χ0n) is 17.1. The molecule has 1 aliphatic rings. The van der Waals surface area contributed by atoms with Crippen LogP contribution < -0.4 is 5.32 Å². The van der Waals surface area contributed by atoms with Gasteiger partial charge in [-0.05, 0) is 75.8 Å². The predicted molar refractivity (Wildman–Crippen MR) is 118 cm³/mol. The molecule has 0 spiro atoms. The van der Waals surface area contributed by atoms with E-state index in [2.05, 4.69) is 35.1 Å². The summed E-state index contributed by atoms with van der Waals surface area (Å²) in [6, 6.07) is 15.1. The fourth-order valence-electron chi connectivity index (χ4n) is 4.34. The summed E-state index contributed by atoms with van der Waals surface area (Å²) in [5.74, 6) is -0.233. The highest BCUT2D eigenvalue weighted by Crippen LogP contribution is 2.42. The molecule has 0 amide bonds. The van der Waals surface area contributed by atoms with Crippen molar-refractivity contribution >= 4 is 17.3 Å². The third kappa shape index (κ3) is 3.31. The van der Waals surface area contributed by atoms with Gasteiger partial charge in [-0.25, -0.2) is 4.39 Å². The number of hydrogen-bond acceptors (Lipinski definition) is 2. The lowest BCUT2D eigenvalue weighted by molar-refractivity contribution is 0.269. The SMILES string of the molecule is Cc1cc([C@H]2[C@H](c3ccccn3)NC(=S)N2C(C)C)c(C)n1-c1ccccc1F. The van der Waals surface area contributed by atoms with Crippen LogP contribution in [-0.2, 0) is 0 Å². The number of thiocarbonyl (C=S) groups is 1. The van der Waals surface area contributed by atoms with Gasteiger partial charge in [0.1, 0.15) is 5.82 Å². The van der Waals surface area contributed by atoms with Crippen LogP contribution in [0.25, 0.3) is 5.69 Å². The van der Waals surface area contributed by atoms with E-state index in [-0.39, 0.29) is 23.9 Å². The van der Waals surface area contributed by atoms with Crippen molar-refractivity contribution in [1.82, 2.24) is 19.8 Å². The molecule has 0 unspecified atom stereocenters. The first-order chi connectivity index (χ1) is 13.9. The molecule has 0 bridgehead atoms. The van der Waals surface area contributed by atoms with Crippen LogP contribution in [0.2, 0.25) is 0 Å². The van der Waals surface area contributed by atoms with Crippen molar-refractivity contribution in [3.63, 3.8) is 0 Å². The zero-order valence-corrected chi connectivity index (χ0v) is 17.9. The number of benzene rings is 1. The number of nitrogens with one attached hydrogen (secondary N) is 1. The van der Waals surface area contributed by atoms with Gasteiger partial charge in [-0.3, -0.25) is 4.98 Å². The predicted octanol–water partition coefficient (Wildman–Crippen LogP) is 5.01. The molecule has 1 aromatic carbocycles. The third-order valence-electron chi connectivity index (χ3n) is 5.57. The van der Waals surface area contributed by atoms with Crippen LogP contribution >= 0.6 is 12.2 Å². The normalized spacial score (nSPS) is 19.1. The Balaban J connectivity index is 1.88. The molecular weight excluding hydrogens is 383 g/mol. The topological polar surface area (TPSA) is 33.1 Å². The van der Waals surface area contributed by atoms with Crippen LogP contribution in [-0.4, -0.2) is 25.6 Å². The number of pyridine rings is 1. The first-order valence-electron chi connectivity index (χ1n) is 9.83. The van der Waals surface area contributed by atoms with Gasteiger partial charge >= 0.3 is 0 Å². The number of aromatic nitrogens is 2. The molecule has 2 atom stereocenters. The Kier molecular flexibility index (Phi) is 5.13. The number of aryl methyl sites for hydroxylation is 1. The summed E-state index contributed by atoms with van der Waals surface area (Å²) >= 11 is 5.69. The van der Waals surface area contributed by atoms with E-state index >= 15 is 0 Å². The number of hydrogen-bond donors (Lipinski definition) is 1. The Morgan fingerprint density at radius 3 is 2.48 bits per heavy atom. The van der Waals surface area contributed by atoms with Crippen molar-refractivity contribution < 1.29 is 4.39 Å². The zero-order chi connectivity index (χ0) is 20.7. The summed E-state index contributed by atoms with van der Waals surface area (Å²) in [5.41, 5.74) is 4.63. The van der Waals surface area contributed by atoms with E-state index in [1.165, 1.54) is 6.07 Å². The van der Waals surface area contributed by atoms with Gasteiger partial charge in [0.25, 0.3) is 0 Å². The Morgan fingerprint density at radius 1 is 1.10 bits per heavy atom. The molecule has 0 radical (unpaired) electrons. The van der Waals surface area contributed by atoms with E-state index < -0.39 is 0 Å². The van der Waals surface area contributed by atoms with E-state index in [9.17, 15) is 4.39 Å². The summed E-state index contributed by atoms with van der Waals surface area (Å²) in [5, 5.41) is 4.19. The standard InChI is InChI=1S/C23H25FN4S/c1-14(2)27-22(21(26-23(27)29)19-10-7-8-12-25-19)17-13-15(3)28(16(17)4)20-11-6-5-9-18(20)24/h5-14,21-22H,1-4H3,(H,26,29)/t21-,22-/m0/s1. The second-order valence-corrected chi connectivity index (χ2v) is 8.13. The quantitative estimate of drug-likeness (QED) is 0.615. The average molecular weight is 409 g/mol. The minimum atomic E-state index is -0.233. The summed E-state index contributed by atoms with van der Waals surface area (Å²) < 4.78 is 16.5. The molecular formula is C23H25FN4S. The average Bonchev–Trinajstić information content (AvgIpc) is 3.19. The van der Waals surface area contributed by atoms with E-state index in [0.717, 1.165) is 27.8 Å². The number of halogens is 1. The molecule has 1 saturated heterocycles. The van der Waals surface area contributed by atoms with Gasteiger partial charge in [0.15, 0.2) is 5.11 Å². The highest BCUT2D eigenvalue weighted by molar-refractivity contribution is 7.80. The van der Waals surface area contributed by atoms with E-state index in [0.29, 0.717) is 5.69 Å². The monoisotopic (exact) mass is 408 g/mol. The molecule has 0 saturated carbocycles. The molecule has 150 valence electrons. The maximum Gasteiger partial charge on any atom is 0.170 e. The van der Waals surface area contributed by atoms with Crippen molar-refractivity contribution in [3.05, 3.63) is 83.2 Å². The molecule has 4 rings (SSSR count). The molecule has 6 heteroatoms. The van der Waals surface area contributed by atoms with Gasteiger partial charge in [0.2, 0.25) is 0 Å². The highest BCUT2D eigenvalue weighted by Gasteiger charge is 2.42. The van der Waals surface area contributed by atoms with E-state index in [1.807, 2.05) is 48.7 Å². The van der Waals surface area contributed by atoms with Gasteiger partial charge in [0.05, 0.1) is 23.5 Å². The van der Waals surface area contributed by atoms with Crippen molar-refractivity contribution in [3.8, 4) is 5.69 Å².